The van der Waals surface area contributed by atoms with Crippen molar-refractivity contribution in [3.63, 3.8) is 0 Å². The summed E-state index contributed by atoms with van der Waals surface area (Å²) in [5, 5.41) is 9.91. The molecule has 0 bridgehead atoms. The maximum absolute atomic E-state index is 11.6. The number of rotatable bonds is 2. The normalized spacial score (nSPS) is 10.3. The van der Waals surface area contributed by atoms with Gasteiger partial charge in [-0.3, -0.25) is 10.1 Å². The molecule has 15 heavy (non-hydrogen) atoms. The van der Waals surface area contributed by atoms with Gasteiger partial charge < -0.3 is 8.98 Å². The number of carbonyl (C=O) groups is 1. The lowest BCUT2D eigenvalue weighted by atomic mass is 10.3. The van der Waals surface area contributed by atoms with Crippen molar-refractivity contribution in [2.45, 2.75) is 0 Å². The highest BCUT2D eigenvalue weighted by atomic mass is 35.5. The third kappa shape index (κ3) is 1.84. The molecular formula is C8H7ClN4O2. The fraction of sp³-hybridized carbons (Fsp3) is 0.125. The van der Waals surface area contributed by atoms with Gasteiger partial charge in [-0.2, -0.15) is 0 Å². The second kappa shape index (κ2) is 3.74. The highest BCUT2D eigenvalue weighted by molar-refractivity contribution is 6.32. The van der Waals surface area contributed by atoms with Crippen LogP contribution in [-0.2, 0) is 7.05 Å². The molecule has 0 atom stereocenters. The van der Waals surface area contributed by atoms with Gasteiger partial charge in [-0.25, -0.2) is 0 Å². The number of nitrogens with one attached hydrogen (secondary N) is 1. The maximum Gasteiger partial charge on any atom is 0.262 e. The van der Waals surface area contributed by atoms with Crippen LogP contribution in [0.4, 0.5) is 5.95 Å². The number of aryl methyl sites for hydroxylation is 1. The van der Waals surface area contributed by atoms with Gasteiger partial charge in [0.25, 0.3) is 5.91 Å². The molecule has 2 aromatic heterocycles. The minimum atomic E-state index is -0.384. The SMILES string of the molecule is Cn1cnnc1NC(=O)c1ccoc1Cl. The Morgan fingerprint density at radius 3 is 3.00 bits per heavy atom. The number of amides is 1. The minimum absolute atomic E-state index is 0.0506. The molecule has 2 heterocycles. The van der Waals surface area contributed by atoms with Crippen molar-refractivity contribution in [1.29, 1.82) is 0 Å². The molecule has 0 saturated carbocycles. The number of carbonyl (C=O) groups excluding carboxylic acids is 1. The zero-order valence-corrected chi connectivity index (χ0v) is 8.52. The number of anilines is 1. The summed E-state index contributed by atoms with van der Waals surface area (Å²) < 4.78 is 6.37. The Bertz CT molecular complexity index is 490. The lowest BCUT2D eigenvalue weighted by molar-refractivity contribution is 0.102. The molecular weight excluding hydrogens is 220 g/mol. The zero-order valence-electron chi connectivity index (χ0n) is 7.77. The standard InChI is InChI=1S/C8H7ClN4O2/c1-13-4-10-12-8(13)11-7(14)5-2-3-15-6(5)9/h2-4H,1H3,(H,11,12,14). The lowest BCUT2D eigenvalue weighted by Crippen LogP contribution is -2.14. The van der Waals surface area contributed by atoms with Crippen LogP contribution in [0, 0.1) is 0 Å². The Hall–Kier alpha value is -1.82. The van der Waals surface area contributed by atoms with E-state index < -0.39 is 0 Å². The summed E-state index contributed by atoms with van der Waals surface area (Å²) in [6, 6.07) is 1.48. The van der Waals surface area contributed by atoms with E-state index in [-0.39, 0.29) is 16.7 Å². The van der Waals surface area contributed by atoms with Gasteiger partial charge in [0, 0.05) is 7.05 Å². The first kappa shape index (κ1) is 9.72. The van der Waals surface area contributed by atoms with E-state index in [2.05, 4.69) is 15.5 Å². The van der Waals surface area contributed by atoms with Gasteiger partial charge >= 0.3 is 0 Å². The second-order valence-electron chi connectivity index (χ2n) is 2.83. The Balaban J connectivity index is 2.18. The van der Waals surface area contributed by atoms with Crippen LogP contribution in [0.3, 0.4) is 0 Å². The smallest absolute Gasteiger partial charge is 0.262 e. The molecule has 0 spiro atoms. The van der Waals surface area contributed by atoms with Crippen LogP contribution in [0.15, 0.2) is 23.1 Å². The van der Waals surface area contributed by atoms with Crippen molar-refractivity contribution in [1.82, 2.24) is 14.8 Å². The molecule has 0 aliphatic heterocycles. The second-order valence-corrected chi connectivity index (χ2v) is 3.17. The average Bonchev–Trinajstić information content (AvgIpc) is 2.76. The first-order valence-electron chi connectivity index (χ1n) is 4.07. The maximum atomic E-state index is 11.6. The van der Waals surface area contributed by atoms with E-state index >= 15 is 0 Å². The number of hydrogen-bond acceptors (Lipinski definition) is 4. The molecule has 2 rings (SSSR count). The van der Waals surface area contributed by atoms with Gasteiger partial charge in [0.05, 0.1) is 11.8 Å². The van der Waals surface area contributed by atoms with Crippen LogP contribution in [0.25, 0.3) is 0 Å². The van der Waals surface area contributed by atoms with Crippen LogP contribution in [0.2, 0.25) is 5.22 Å². The third-order valence-corrected chi connectivity index (χ3v) is 2.09. The van der Waals surface area contributed by atoms with Crippen molar-refractivity contribution in [3.8, 4) is 0 Å². The summed E-state index contributed by atoms with van der Waals surface area (Å²) in [7, 11) is 1.71. The highest BCUT2D eigenvalue weighted by Crippen LogP contribution is 2.17. The number of nitrogens with zero attached hydrogens (tertiary/aromatic N) is 3. The summed E-state index contributed by atoms with van der Waals surface area (Å²) in [6.45, 7) is 0. The molecule has 2 aromatic rings. The Morgan fingerprint density at radius 1 is 1.67 bits per heavy atom. The molecule has 0 saturated heterocycles. The van der Waals surface area contributed by atoms with Crippen LogP contribution in [0.1, 0.15) is 10.4 Å². The summed E-state index contributed by atoms with van der Waals surface area (Å²) in [5.74, 6) is -0.0397. The summed E-state index contributed by atoms with van der Waals surface area (Å²) in [6.07, 6.45) is 2.82. The summed E-state index contributed by atoms with van der Waals surface area (Å²) in [4.78, 5) is 11.6. The quantitative estimate of drug-likeness (QED) is 0.838. The molecule has 0 aliphatic carbocycles. The van der Waals surface area contributed by atoms with Crippen molar-refractivity contribution in [2.24, 2.45) is 7.05 Å². The van der Waals surface area contributed by atoms with E-state index in [4.69, 9.17) is 16.0 Å². The topological polar surface area (TPSA) is 73.0 Å². The van der Waals surface area contributed by atoms with E-state index in [0.29, 0.717) is 5.95 Å². The first-order valence-corrected chi connectivity index (χ1v) is 4.44. The third-order valence-electron chi connectivity index (χ3n) is 1.80. The fourth-order valence-electron chi connectivity index (χ4n) is 1.02. The molecule has 0 aromatic carbocycles. The highest BCUT2D eigenvalue weighted by Gasteiger charge is 2.14. The molecule has 6 nitrogen and oxygen atoms in total. The van der Waals surface area contributed by atoms with Crippen molar-refractivity contribution in [3.05, 3.63) is 29.4 Å². The number of aromatic nitrogens is 3. The van der Waals surface area contributed by atoms with Gasteiger partial charge in [0.15, 0.2) is 0 Å². The molecule has 0 radical (unpaired) electrons. The Kier molecular flexibility index (Phi) is 2.42. The Morgan fingerprint density at radius 2 is 2.47 bits per heavy atom. The molecule has 1 amide bonds. The molecule has 1 N–H and O–H groups in total. The predicted molar refractivity (Wildman–Crippen MR) is 52.7 cm³/mol. The predicted octanol–water partition coefficient (Wildman–Crippen LogP) is 1.31. The zero-order chi connectivity index (χ0) is 10.8. The summed E-state index contributed by atoms with van der Waals surface area (Å²) in [5.41, 5.74) is 0.264. The van der Waals surface area contributed by atoms with Gasteiger partial charge in [-0.1, -0.05) is 0 Å². The van der Waals surface area contributed by atoms with Gasteiger partial charge in [0.2, 0.25) is 11.2 Å². The van der Waals surface area contributed by atoms with Crippen LogP contribution >= 0.6 is 11.6 Å². The van der Waals surface area contributed by atoms with E-state index in [1.54, 1.807) is 11.6 Å². The number of furan rings is 1. The van der Waals surface area contributed by atoms with E-state index in [0.717, 1.165) is 0 Å². The molecule has 7 heteroatoms. The lowest BCUT2D eigenvalue weighted by Gasteiger charge is -2.01. The van der Waals surface area contributed by atoms with Crippen molar-refractivity contribution >= 4 is 23.5 Å². The monoisotopic (exact) mass is 226 g/mol. The van der Waals surface area contributed by atoms with Gasteiger partial charge in [0.1, 0.15) is 6.33 Å². The van der Waals surface area contributed by atoms with E-state index in [1.807, 2.05) is 0 Å². The molecule has 0 unspecified atom stereocenters. The van der Waals surface area contributed by atoms with E-state index in [1.165, 1.54) is 18.7 Å². The summed E-state index contributed by atoms with van der Waals surface area (Å²) >= 11 is 5.64. The van der Waals surface area contributed by atoms with Crippen LogP contribution < -0.4 is 5.32 Å². The first-order chi connectivity index (χ1) is 7.18. The number of hydrogen-bond donors (Lipinski definition) is 1. The molecule has 0 fully saturated rings. The molecule has 78 valence electrons. The fourth-order valence-corrected chi connectivity index (χ4v) is 1.22. The Labute approximate surface area is 89.9 Å². The van der Waals surface area contributed by atoms with Gasteiger partial charge in [-0.15, -0.1) is 10.2 Å². The van der Waals surface area contributed by atoms with E-state index in [9.17, 15) is 4.79 Å². The van der Waals surface area contributed by atoms with Crippen LogP contribution in [-0.4, -0.2) is 20.7 Å². The minimum Gasteiger partial charge on any atom is -0.452 e. The van der Waals surface area contributed by atoms with Crippen molar-refractivity contribution in [2.75, 3.05) is 5.32 Å². The van der Waals surface area contributed by atoms with Crippen molar-refractivity contribution < 1.29 is 9.21 Å². The van der Waals surface area contributed by atoms with Crippen LogP contribution in [0.5, 0.6) is 0 Å². The van der Waals surface area contributed by atoms with Gasteiger partial charge in [-0.05, 0) is 17.7 Å². The molecule has 0 aliphatic rings. The average molecular weight is 227 g/mol. The largest absolute Gasteiger partial charge is 0.452 e. The number of halogens is 1.